The Balaban J connectivity index is 1.45. The fraction of sp³-hybridized carbons (Fsp3) is 0.471. The minimum absolute atomic E-state index is 0.192. The van der Waals surface area contributed by atoms with Gasteiger partial charge in [0, 0.05) is 26.0 Å². The highest BCUT2D eigenvalue weighted by Crippen LogP contribution is 2.28. The van der Waals surface area contributed by atoms with Crippen molar-refractivity contribution >= 4 is 10.0 Å². The zero-order valence-electron chi connectivity index (χ0n) is 13.6. The van der Waals surface area contributed by atoms with E-state index in [0.29, 0.717) is 26.1 Å². The second-order valence-corrected chi connectivity index (χ2v) is 7.90. The Morgan fingerprint density at radius 1 is 1.25 bits per heavy atom. The Hall–Kier alpha value is -1.70. The maximum atomic E-state index is 12.2. The number of hydrogen-bond acceptors (Lipinski definition) is 4. The number of nitrogens with zero attached hydrogens (tertiary/aromatic N) is 2. The summed E-state index contributed by atoms with van der Waals surface area (Å²) in [7, 11) is -3.51. The molecular formula is C17H23N3O3S. The third-order valence-electron chi connectivity index (χ3n) is 3.92. The van der Waals surface area contributed by atoms with Crippen molar-refractivity contribution in [2.75, 3.05) is 19.8 Å². The molecule has 1 aliphatic rings. The van der Waals surface area contributed by atoms with Crippen molar-refractivity contribution in [3.63, 3.8) is 0 Å². The lowest BCUT2D eigenvalue weighted by Crippen LogP contribution is -2.25. The van der Waals surface area contributed by atoms with Crippen LogP contribution in [0.2, 0.25) is 0 Å². The van der Waals surface area contributed by atoms with E-state index >= 15 is 0 Å². The molecule has 3 rings (SSSR count). The quantitative estimate of drug-likeness (QED) is 0.666. The Morgan fingerprint density at radius 3 is 2.79 bits per heavy atom. The third-order valence-corrected chi connectivity index (χ3v) is 5.33. The maximum Gasteiger partial charge on any atom is 0.243 e. The number of benzene rings is 1. The first-order valence-corrected chi connectivity index (χ1v) is 9.75. The van der Waals surface area contributed by atoms with Crippen LogP contribution in [0.3, 0.4) is 0 Å². The maximum absolute atomic E-state index is 12.2. The zero-order chi connectivity index (χ0) is 16.8. The summed E-state index contributed by atoms with van der Waals surface area (Å²) < 4.78 is 34.2. The first kappa shape index (κ1) is 17.1. The van der Waals surface area contributed by atoms with Gasteiger partial charge in [-0.1, -0.05) is 30.3 Å². The lowest BCUT2D eigenvalue weighted by Gasteiger charge is -2.05. The van der Waals surface area contributed by atoms with Crippen LogP contribution >= 0.6 is 0 Å². The topological polar surface area (TPSA) is 73.2 Å². The molecule has 130 valence electrons. The monoisotopic (exact) mass is 349 g/mol. The predicted molar refractivity (Wildman–Crippen MR) is 91.1 cm³/mol. The Labute approximate surface area is 142 Å². The molecule has 1 aromatic heterocycles. The molecule has 1 saturated carbocycles. The van der Waals surface area contributed by atoms with Gasteiger partial charge in [0.15, 0.2) is 0 Å². The molecule has 1 N–H and O–H groups in total. The Morgan fingerprint density at radius 2 is 2.04 bits per heavy atom. The SMILES string of the molecule is O=S(=O)(NCCCOCC1CC1)c1cnn(Cc2ccccc2)c1. The van der Waals surface area contributed by atoms with Gasteiger partial charge < -0.3 is 4.74 Å². The van der Waals surface area contributed by atoms with Gasteiger partial charge in [-0.15, -0.1) is 0 Å². The van der Waals surface area contributed by atoms with Crippen molar-refractivity contribution in [2.45, 2.75) is 30.7 Å². The molecule has 0 saturated heterocycles. The molecule has 1 fully saturated rings. The van der Waals surface area contributed by atoms with Crippen molar-refractivity contribution in [3.05, 3.63) is 48.3 Å². The van der Waals surface area contributed by atoms with E-state index in [9.17, 15) is 8.42 Å². The number of nitrogens with one attached hydrogen (secondary N) is 1. The molecule has 7 heteroatoms. The van der Waals surface area contributed by atoms with Gasteiger partial charge >= 0.3 is 0 Å². The lowest BCUT2D eigenvalue weighted by molar-refractivity contribution is 0.123. The average Bonchev–Trinajstić information content (AvgIpc) is 3.28. The second kappa shape index (κ2) is 7.92. The highest BCUT2D eigenvalue weighted by atomic mass is 32.2. The molecule has 0 amide bonds. The van der Waals surface area contributed by atoms with Gasteiger partial charge in [0.05, 0.1) is 12.7 Å². The first-order valence-electron chi connectivity index (χ1n) is 8.27. The van der Waals surface area contributed by atoms with Crippen LogP contribution < -0.4 is 4.72 Å². The molecule has 24 heavy (non-hydrogen) atoms. The van der Waals surface area contributed by atoms with E-state index in [1.54, 1.807) is 10.9 Å². The van der Waals surface area contributed by atoms with E-state index in [1.165, 1.54) is 19.0 Å². The van der Waals surface area contributed by atoms with Gasteiger partial charge in [0.2, 0.25) is 10.0 Å². The molecule has 6 nitrogen and oxygen atoms in total. The third kappa shape index (κ3) is 5.15. The molecule has 2 aromatic rings. The minimum atomic E-state index is -3.51. The smallest absolute Gasteiger partial charge is 0.243 e. The highest BCUT2D eigenvalue weighted by molar-refractivity contribution is 7.89. The fourth-order valence-corrected chi connectivity index (χ4v) is 3.37. The number of rotatable bonds is 10. The summed E-state index contributed by atoms with van der Waals surface area (Å²) in [5.74, 6) is 0.733. The molecule has 1 heterocycles. The summed E-state index contributed by atoms with van der Waals surface area (Å²) in [6, 6.07) is 9.80. The summed E-state index contributed by atoms with van der Waals surface area (Å²) in [6.45, 7) is 2.31. The van der Waals surface area contributed by atoms with Crippen molar-refractivity contribution < 1.29 is 13.2 Å². The van der Waals surface area contributed by atoms with Crippen LogP contribution in [0.4, 0.5) is 0 Å². The van der Waals surface area contributed by atoms with Gasteiger partial charge in [-0.25, -0.2) is 13.1 Å². The van der Waals surface area contributed by atoms with Gasteiger partial charge in [-0.05, 0) is 30.7 Å². The van der Waals surface area contributed by atoms with Gasteiger partial charge in [-0.2, -0.15) is 5.10 Å². The molecule has 1 aliphatic carbocycles. The normalized spacial score (nSPS) is 14.8. The van der Waals surface area contributed by atoms with Crippen LogP contribution in [0.5, 0.6) is 0 Å². The van der Waals surface area contributed by atoms with Crippen LogP contribution in [0.1, 0.15) is 24.8 Å². The number of sulfonamides is 1. The fourth-order valence-electron chi connectivity index (χ4n) is 2.34. The molecule has 0 spiro atoms. The van der Waals surface area contributed by atoms with Crippen LogP contribution in [-0.4, -0.2) is 38.0 Å². The van der Waals surface area contributed by atoms with Gasteiger partial charge in [0.1, 0.15) is 4.90 Å². The number of hydrogen-bond donors (Lipinski definition) is 1. The largest absolute Gasteiger partial charge is 0.381 e. The lowest BCUT2D eigenvalue weighted by atomic mass is 10.2. The van der Waals surface area contributed by atoms with E-state index in [1.807, 2.05) is 30.3 Å². The van der Waals surface area contributed by atoms with Crippen LogP contribution in [-0.2, 0) is 21.3 Å². The molecule has 0 radical (unpaired) electrons. The van der Waals surface area contributed by atoms with E-state index in [-0.39, 0.29) is 4.90 Å². The predicted octanol–water partition coefficient (Wildman–Crippen LogP) is 2.03. The zero-order valence-corrected chi connectivity index (χ0v) is 14.4. The van der Waals surface area contributed by atoms with Gasteiger partial charge in [0.25, 0.3) is 0 Å². The Kier molecular flexibility index (Phi) is 5.65. The molecule has 1 aromatic carbocycles. The van der Waals surface area contributed by atoms with Crippen LogP contribution in [0.25, 0.3) is 0 Å². The van der Waals surface area contributed by atoms with E-state index < -0.39 is 10.0 Å². The number of ether oxygens (including phenoxy) is 1. The second-order valence-electron chi connectivity index (χ2n) is 6.13. The van der Waals surface area contributed by atoms with E-state index in [2.05, 4.69) is 9.82 Å². The molecule has 0 unspecified atom stereocenters. The van der Waals surface area contributed by atoms with E-state index in [4.69, 9.17) is 4.74 Å². The van der Waals surface area contributed by atoms with Gasteiger partial charge in [-0.3, -0.25) is 4.68 Å². The standard InChI is InChI=1S/C17H23N3O3S/c21-24(22,19-9-4-10-23-14-16-7-8-16)17-11-18-20(13-17)12-15-5-2-1-3-6-15/h1-3,5-6,11,13,16,19H,4,7-10,12,14H2. The van der Waals surface area contributed by atoms with Crippen LogP contribution in [0, 0.1) is 5.92 Å². The summed E-state index contributed by atoms with van der Waals surface area (Å²) >= 11 is 0. The summed E-state index contributed by atoms with van der Waals surface area (Å²) in [4.78, 5) is 0.192. The summed E-state index contributed by atoms with van der Waals surface area (Å²) in [5.41, 5.74) is 1.07. The molecule has 0 bridgehead atoms. The minimum Gasteiger partial charge on any atom is -0.381 e. The van der Waals surface area contributed by atoms with Crippen molar-refractivity contribution in [1.82, 2.24) is 14.5 Å². The van der Waals surface area contributed by atoms with E-state index in [0.717, 1.165) is 18.1 Å². The average molecular weight is 349 g/mol. The molecule has 0 aliphatic heterocycles. The van der Waals surface area contributed by atoms with Crippen molar-refractivity contribution in [2.24, 2.45) is 5.92 Å². The highest BCUT2D eigenvalue weighted by Gasteiger charge is 2.21. The summed E-state index contributed by atoms with van der Waals surface area (Å²) in [5, 5.41) is 4.13. The first-order chi connectivity index (χ1) is 11.6. The molecule has 0 atom stereocenters. The van der Waals surface area contributed by atoms with Crippen molar-refractivity contribution in [1.29, 1.82) is 0 Å². The Bertz CT molecular complexity index is 739. The van der Waals surface area contributed by atoms with Crippen molar-refractivity contribution in [3.8, 4) is 0 Å². The molecular weight excluding hydrogens is 326 g/mol. The van der Waals surface area contributed by atoms with Crippen LogP contribution in [0.15, 0.2) is 47.6 Å². The number of aromatic nitrogens is 2. The summed E-state index contributed by atoms with van der Waals surface area (Å²) in [6.07, 6.45) is 6.14.